The zero-order valence-electron chi connectivity index (χ0n) is 21.8. The number of H-pyrrole nitrogens is 1. The molecule has 1 aliphatic heterocycles. The van der Waals surface area contributed by atoms with Gasteiger partial charge in [0.25, 0.3) is 5.56 Å². The molecule has 5 rings (SSSR count). The van der Waals surface area contributed by atoms with Gasteiger partial charge in [0, 0.05) is 44.8 Å². The number of nitrogens with zero attached hydrogens (tertiary/aromatic N) is 4. The number of piperazine rings is 1. The first-order valence-corrected chi connectivity index (χ1v) is 14.9. The first kappa shape index (κ1) is 27.3. The van der Waals surface area contributed by atoms with Crippen LogP contribution in [0.4, 0.5) is 5.82 Å². The molecule has 10 heteroatoms. The molecule has 1 atom stereocenters. The van der Waals surface area contributed by atoms with E-state index in [1.54, 1.807) is 37.4 Å². The molecule has 8 nitrogen and oxygen atoms in total. The SMILES string of the molecule is CN(C[C@@H](CCN1CCN(c2nc3ccccc3[nH]c2=O)CC1)c1cccc(Cl)c1)S(=O)(=O)c1ccccc1. The molecule has 0 spiro atoms. The van der Waals surface area contributed by atoms with Crippen LogP contribution in [-0.4, -0.2) is 73.9 Å². The second-order valence-corrected chi connectivity index (χ2v) is 12.4. The fourth-order valence-corrected chi connectivity index (χ4v) is 6.50. The van der Waals surface area contributed by atoms with E-state index in [9.17, 15) is 13.2 Å². The number of sulfonamides is 1. The van der Waals surface area contributed by atoms with Crippen molar-refractivity contribution in [1.82, 2.24) is 19.2 Å². The third kappa shape index (κ3) is 6.33. The van der Waals surface area contributed by atoms with Gasteiger partial charge in [-0.1, -0.05) is 54.1 Å². The molecule has 0 bridgehead atoms. The highest BCUT2D eigenvalue weighted by molar-refractivity contribution is 7.89. The maximum Gasteiger partial charge on any atom is 0.291 e. The molecule has 1 aromatic heterocycles. The Kier molecular flexibility index (Phi) is 8.32. The third-order valence-corrected chi connectivity index (χ3v) is 9.37. The van der Waals surface area contributed by atoms with Crippen LogP contribution < -0.4 is 10.5 Å². The van der Waals surface area contributed by atoms with Crippen LogP contribution in [0.2, 0.25) is 5.02 Å². The van der Waals surface area contributed by atoms with E-state index in [1.165, 1.54) is 4.31 Å². The number of anilines is 1. The highest BCUT2D eigenvalue weighted by Crippen LogP contribution is 2.27. The topological polar surface area (TPSA) is 89.6 Å². The molecule has 0 amide bonds. The van der Waals surface area contributed by atoms with Gasteiger partial charge in [0.15, 0.2) is 5.82 Å². The van der Waals surface area contributed by atoms with Gasteiger partial charge in [0.1, 0.15) is 0 Å². The molecule has 3 aromatic carbocycles. The van der Waals surface area contributed by atoms with Crippen molar-refractivity contribution in [2.45, 2.75) is 17.2 Å². The molecule has 4 aromatic rings. The first-order chi connectivity index (χ1) is 18.8. The van der Waals surface area contributed by atoms with Crippen molar-refractivity contribution in [3.8, 4) is 0 Å². The van der Waals surface area contributed by atoms with Gasteiger partial charge in [0.2, 0.25) is 10.0 Å². The minimum absolute atomic E-state index is 0.0322. The van der Waals surface area contributed by atoms with Crippen molar-refractivity contribution in [2.75, 3.05) is 51.2 Å². The summed E-state index contributed by atoms with van der Waals surface area (Å²) in [6.07, 6.45) is 0.768. The highest BCUT2D eigenvalue weighted by Gasteiger charge is 2.26. The lowest BCUT2D eigenvalue weighted by Gasteiger charge is -2.36. The molecular weight excluding hydrogens is 534 g/mol. The first-order valence-electron chi connectivity index (χ1n) is 13.0. The van der Waals surface area contributed by atoms with E-state index < -0.39 is 10.0 Å². The van der Waals surface area contributed by atoms with Gasteiger partial charge in [-0.3, -0.25) is 9.69 Å². The van der Waals surface area contributed by atoms with Crippen LogP contribution >= 0.6 is 11.6 Å². The van der Waals surface area contributed by atoms with Gasteiger partial charge in [0.05, 0.1) is 15.9 Å². The van der Waals surface area contributed by atoms with Gasteiger partial charge in [-0.15, -0.1) is 0 Å². The van der Waals surface area contributed by atoms with Gasteiger partial charge in [-0.2, -0.15) is 0 Å². The second kappa shape index (κ2) is 11.9. The smallest absolute Gasteiger partial charge is 0.291 e. The Labute approximate surface area is 233 Å². The summed E-state index contributed by atoms with van der Waals surface area (Å²) in [5.41, 5.74) is 2.35. The Bertz CT molecular complexity index is 1590. The molecule has 1 saturated heterocycles. The molecule has 0 saturated carbocycles. The standard InChI is InChI=1S/C29H32ClN5O3S/c1-33(39(37,38)25-10-3-2-4-11-25)21-23(22-8-7-9-24(30)20-22)14-15-34-16-18-35(19-17-34)28-29(36)32-27-13-6-5-12-26(27)31-28/h2-13,20,23H,14-19,21H2,1H3,(H,32,36)/t23-/m1/s1. The van der Waals surface area contributed by atoms with E-state index in [0.29, 0.717) is 30.5 Å². The number of fused-ring (bicyclic) bond motifs is 1. The number of hydrogen-bond acceptors (Lipinski definition) is 6. The number of aromatic nitrogens is 2. The molecule has 1 N–H and O–H groups in total. The van der Waals surface area contributed by atoms with Crippen molar-refractivity contribution < 1.29 is 8.42 Å². The van der Waals surface area contributed by atoms with Crippen LogP contribution in [0.25, 0.3) is 11.0 Å². The number of benzene rings is 3. The fourth-order valence-electron chi connectivity index (χ4n) is 5.06. The van der Waals surface area contributed by atoms with Crippen LogP contribution in [0, 0.1) is 0 Å². The Morgan fingerprint density at radius 2 is 1.69 bits per heavy atom. The highest BCUT2D eigenvalue weighted by atomic mass is 35.5. The molecule has 0 unspecified atom stereocenters. The predicted molar refractivity (Wildman–Crippen MR) is 156 cm³/mol. The maximum atomic E-state index is 13.2. The summed E-state index contributed by atoms with van der Waals surface area (Å²) in [5, 5.41) is 0.632. The molecule has 1 aliphatic rings. The minimum Gasteiger partial charge on any atom is -0.349 e. The van der Waals surface area contributed by atoms with Crippen molar-refractivity contribution in [3.63, 3.8) is 0 Å². The Balaban J connectivity index is 1.25. The normalized spacial score (nSPS) is 15.6. The lowest BCUT2D eigenvalue weighted by atomic mass is 9.95. The number of para-hydroxylation sites is 2. The lowest BCUT2D eigenvalue weighted by Crippen LogP contribution is -2.48. The van der Waals surface area contributed by atoms with E-state index in [0.717, 1.165) is 42.7 Å². The molecule has 1 fully saturated rings. The molecular formula is C29H32ClN5O3S. The number of nitrogens with one attached hydrogen (secondary N) is 1. The zero-order valence-corrected chi connectivity index (χ0v) is 23.4. The van der Waals surface area contributed by atoms with Crippen molar-refractivity contribution in [3.05, 3.63) is 99.8 Å². The average molecular weight is 566 g/mol. The molecule has 204 valence electrons. The molecule has 39 heavy (non-hydrogen) atoms. The maximum absolute atomic E-state index is 13.2. The quantitative estimate of drug-likeness (QED) is 0.327. The van der Waals surface area contributed by atoms with Crippen LogP contribution in [-0.2, 0) is 10.0 Å². The van der Waals surface area contributed by atoms with E-state index in [-0.39, 0.29) is 16.4 Å². The van der Waals surface area contributed by atoms with Crippen LogP contribution in [0.5, 0.6) is 0 Å². The Morgan fingerprint density at radius 3 is 2.44 bits per heavy atom. The van der Waals surface area contributed by atoms with Crippen LogP contribution in [0.1, 0.15) is 17.9 Å². The predicted octanol–water partition coefficient (Wildman–Crippen LogP) is 4.19. The number of halogens is 1. The number of hydrogen-bond donors (Lipinski definition) is 1. The monoisotopic (exact) mass is 565 g/mol. The third-order valence-electron chi connectivity index (χ3n) is 7.30. The summed E-state index contributed by atoms with van der Waals surface area (Å²) in [7, 11) is -1.98. The summed E-state index contributed by atoms with van der Waals surface area (Å²) in [4.78, 5) is 24.9. The van der Waals surface area contributed by atoms with Gasteiger partial charge >= 0.3 is 0 Å². The van der Waals surface area contributed by atoms with Crippen molar-refractivity contribution in [1.29, 1.82) is 0 Å². The van der Waals surface area contributed by atoms with E-state index in [2.05, 4.69) is 14.9 Å². The van der Waals surface area contributed by atoms with E-state index in [4.69, 9.17) is 11.6 Å². The fraction of sp³-hybridized carbons (Fsp3) is 0.310. The number of rotatable bonds is 9. The van der Waals surface area contributed by atoms with Crippen LogP contribution in [0.3, 0.4) is 0 Å². The van der Waals surface area contributed by atoms with Crippen molar-refractivity contribution >= 4 is 38.5 Å². The number of aromatic amines is 1. The average Bonchev–Trinajstić information content (AvgIpc) is 2.95. The van der Waals surface area contributed by atoms with E-state index in [1.807, 2.05) is 53.4 Å². The summed E-state index contributed by atoms with van der Waals surface area (Å²) < 4.78 is 27.8. The van der Waals surface area contributed by atoms with Gasteiger partial charge in [-0.05, 0) is 60.8 Å². The van der Waals surface area contributed by atoms with Gasteiger partial charge < -0.3 is 9.88 Å². The summed E-state index contributed by atoms with van der Waals surface area (Å²) in [5.74, 6) is 0.424. The summed E-state index contributed by atoms with van der Waals surface area (Å²) in [6, 6.07) is 23.7. The summed E-state index contributed by atoms with van der Waals surface area (Å²) >= 11 is 6.30. The Morgan fingerprint density at radius 1 is 0.974 bits per heavy atom. The lowest BCUT2D eigenvalue weighted by molar-refractivity contribution is 0.243. The van der Waals surface area contributed by atoms with Crippen LogP contribution in [0.15, 0.2) is 88.6 Å². The Hall–Kier alpha value is -3.24. The second-order valence-electron chi connectivity index (χ2n) is 9.87. The minimum atomic E-state index is -3.61. The zero-order chi connectivity index (χ0) is 27.4. The molecule has 0 aliphatic carbocycles. The summed E-state index contributed by atoms with van der Waals surface area (Å²) in [6.45, 7) is 4.10. The van der Waals surface area contributed by atoms with Crippen molar-refractivity contribution in [2.24, 2.45) is 0 Å². The van der Waals surface area contributed by atoms with E-state index >= 15 is 0 Å². The van der Waals surface area contributed by atoms with Gasteiger partial charge in [-0.25, -0.2) is 17.7 Å². The number of likely N-dealkylation sites (N-methyl/N-ethyl adjacent to an activating group) is 1. The molecule has 0 radical (unpaired) electrons. The molecule has 2 heterocycles. The largest absolute Gasteiger partial charge is 0.349 e.